The Morgan fingerprint density at radius 3 is 3.22 bits per heavy atom. The molecule has 120 valence electrons. The molecule has 0 saturated carbocycles. The maximum Gasteiger partial charge on any atom is 0.119 e. The van der Waals surface area contributed by atoms with E-state index in [2.05, 4.69) is 37.6 Å². The maximum atomic E-state index is 5.96. The minimum atomic E-state index is 0.108. The van der Waals surface area contributed by atoms with Gasteiger partial charge in [-0.2, -0.15) is 16.4 Å². The maximum absolute atomic E-state index is 5.96. The molecule has 0 amide bonds. The first-order valence-corrected chi connectivity index (χ1v) is 8.48. The molecule has 0 fully saturated rings. The van der Waals surface area contributed by atoms with Gasteiger partial charge in [-0.05, 0) is 11.4 Å². The zero-order valence-corrected chi connectivity index (χ0v) is 13.7. The summed E-state index contributed by atoms with van der Waals surface area (Å²) in [5, 5.41) is 20.3. The van der Waals surface area contributed by atoms with Crippen molar-refractivity contribution >= 4 is 11.3 Å². The summed E-state index contributed by atoms with van der Waals surface area (Å²) in [5.74, 6) is 0. The van der Waals surface area contributed by atoms with E-state index in [4.69, 9.17) is 4.74 Å². The summed E-state index contributed by atoms with van der Waals surface area (Å²) in [4.78, 5) is 0. The molecule has 0 saturated heterocycles. The quantitative estimate of drug-likeness (QED) is 0.766. The van der Waals surface area contributed by atoms with Crippen LogP contribution in [0, 0.1) is 0 Å². The lowest BCUT2D eigenvalue weighted by Gasteiger charge is -2.24. The molecule has 4 heterocycles. The summed E-state index contributed by atoms with van der Waals surface area (Å²) >= 11 is 1.67. The van der Waals surface area contributed by atoms with E-state index < -0.39 is 0 Å². The molecule has 1 aliphatic rings. The van der Waals surface area contributed by atoms with Crippen LogP contribution in [0.25, 0.3) is 11.3 Å². The number of nitrogens with zero attached hydrogens (tertiary/aromatic N) is 5. The van der Waals surface area contributed by atoms with E-state index in [1.165, 1.54) is 5.56 Å². The monoisotopic (exact) mass is 330 g/mol. The number of hydrogen-bond donors (Lipinski definition) is 1. The highest BCUT2D eigenvalue weighted by Gasteiger charge is 2.24. The van der Waals surface area contributed by atoms with Crippen molar-refractivity contribution in [1.29, 1.82) is 0 Å². The van der Waals surface area contributed by atoms with Gasteiger partial charge in [0.05, 0.1) is 31.1 Å². The van der Waals surface area contributed by atoms with Crippen LogP contribution in [0.1, 0.15) is 11.3 Å². The lowest BCUT2D eigenvalue weighted by molar-refractivity contribution is 0.00125. The highest BCUT2D eigenvalue weighted by atomic mass is 32.1. The Morgan fingerprint density at radius 1 is 1.48 bits per heavy atom. The molecule has 1 atom stereocenters. The zero-order chi connectivity index (χ0) is 15.6. The van der Waals surface area contributed by atoms with Crippen LogP contribution in [0.5, 0.6) is 0 Å². The average molecular weight is 330 g/mol. The predicted molar refractivity (Wildman–Crippen MR) is 86.8 cm³/mol. The van der Waals surface area contributed by atoms with Gasteiger partial charge in [0.25, 0.3) is 0 Å². The standard InChI is InChI=1S/C15H18N6OS/c1-20-7-11(5-17-20)4-16-6-13-8-21-14(9-22-13)15(18-19-21)12-2-3-23-10-12/h2-3,5,7,10,13,16H,4,6,8-9H2,1H3. The molecule has 1 N–H and O–H groups in total. The van der Waals surface area contributed by atoms with Crippen molar-refractivity contribution in [3.05, 3.63) is 40.5 Å². The second-order valence-corrected chi connectivity index (χ2v) is 6.45. The van der Waals surface area contributed by atoms with Crippen LogP contribution >= 0.6 is 11.3 Å². The van der Waals surface area contributed by atoms with E-state index in [9.17, 15) is 0 Å². The summed E-state index contributed by atoms with van der Waals surface area (Å²) in [5.41, 5.74) is 4.29. The summed E-state index contributed by atoms with van der Waals surface area (Å²) in [6, 6.07) is 2.07. The van der Waals surface area contributed by atoms with Crippen LogP contribution in [-0.4, -0.2) is 37.4 Å². The molecule has 0 aliphatic carbocycles. The largest absolute Gasteiger partial charge is 0.369 e. The summed E-state index contributed by atoms with van der Waals surface area (Å²) in [6.07, 6.45) is 3.99. The van der Waals surface area contributed by atoms with Crippen molar-refractivity contribution in [3.63, 3.8) is 0 Å². The van der Waals surface area contributed by atoms with Crippen molar-refractivity contribution in [3.8, 4) is 11.3 Å². The molecule has 3 aromatic rings. The van der Waals surface area contributed by atoms with E-state index in [-0.39, 0.29) is 6.10 Å². The summed E-state index contributed by atoms with van der Waals surface area (Å²) < 4.78 is 9.74. The van der Waals surface area contributed by atoms with Gasteiger partial charge in [-0.3, -0.25) is 4.68 Å². The number of rotatable bonds is 5. The van der Waals surface area contributed by atoms with Gasteiger partial charge in [-0.15, -0.1) is 5.10 Å². The lowest BCUT2D eigenvalue weighted by Crippen LogP contribution is -2.36. The lowest BCUT2D eigenvalue weighted by atomic mass is 10.2. The topological polar surface area (TPSA) is 69.8 Å². The predicted octanol–water partition coefficient (Wildman–Crippen LogP) is 1.43. The number of aryl methyl sites for hydroxylation is 1. The zero-order valence-electron chi connectivity index (χ0n) is 12.8. The molecule has 0 bridgehead atoms. The first-order chi connectivity index (χ1) is 11.3. The molecule has 23 heavy (non-hydrogen) atoms. The number of fused-ring (bicyclic) bond motifs is 1. The molecule has 1 unspecified atom stereocenters. The SMILES string of the molecule is Cn1cc(CNCC2Cn3nnc(-c4ccsc4)c3CO2)cn1. The van der Waals surface area contributed by atoms with Gasteiger partial charge in [0, 0.05) is 42.8 Å². The Hall–Kier alpha value is -2.03. The van der Waals surface area contributed by atoms with Crippen LogP contribution in [0.2, 0.25) is 0 Å². The number of nitrogens with one attached hydrogen (secondary N) is 1. The van der Waals surface area contributed by atoms with Gasteiger partial charge in [0.1, 0.15) is 5.69 Å². The van der Waals surface area contributed by atoms with Crippen molar-refractivity contribution in [2.24, 2.45) is 7.05 Å². The van der Waals surface area contributed by atoms with Crippen molar-refractivity contribution in [1.82, 2.24) is 30.1 Å². The van der Waals surface area contributed by atoms with Crippen LogP contribution < -0.4 is 5.32 Å². The van der Waals surface area contributed by atoms with E-state index in [0.29, 0.717) is 6.61 Å². The van der Waals surface area contributed by atoms with E-state index in [1.54, 1.807) is 11.3 Å². The van der Waals surface area contributed by atoms with Crippen LogP contribution in [0.3, 0.4) is 0 Å². The minimum Gasteiger partial charge on any atom is -0.369 e. The fourth-order valence-electron chi connectivity index (χ4n) is 2.75. The first kappa shape index (κ1) is 14.6. The Bertz CT molecular complexity index is 778. The van der Waals surface area contributed by atoms with Crippen LogP contribution in [0.4, 0.5) is 0 Å². The highest BCUT2D eigenvalue weighted by Crippen LogP contribution is 2.26. The summed E-state index contributed by atoms with van der Waals surface area (Å²) in [6.45, 7) is 2.85. The van der Waals surface area contributed by atoms with Gasteiger partial charge in [0.2, 0.25) is 0 Å². The molecule has 0 aromatic carbocycles. The van der Waals surface area contributed by atoms with Gasteiger partial charge < -0.3 is 10.1 Å². The van der Waals surface area contributed by atoms with E-state index in [1.807, 2.05) is 28.8 Å². The Labute approximate surface area is 137 Å². The highest BCUT2D eigenvalue weighted by molar-refractivity contribution is 7.08. The average Bonchev–Trinajstić information content (AvgIpc) is 3.27. The molecular formula is C15H18N6OS. The number of ether oxygens (including phenoxy) is 1. The van der Waals surface area contributed by atoms with Gasteiger partial charge in [-0.25, -0.2) is 4.68 Å². The van der Waals surface area contributed by atoms with Crippen molar-refractivity contribution in [2.75, 3.05) is 6.54 Å². The second-order valence-electron chi connectivity index (χ2n) is 5.67. The minimum absolute atomic E-state index is 0.108. The first-order valence-electron chi connectivity index (χ1n) is 7.54. The number of aromatic nitrogens is 5. The molecule has 4 rings (SSSR count). The number of hydrogen-bond acceptors (Lipinski definition) is 6. The molecule has 0 spiro atoms. The Balaban J connectivity index is 1.36. The molecule has 1 aliphatic heterocycles. The smallest absolute Gasteiger partial charge is 0.119 e. The van der Waals surface area contributed by atoms with Crippen LogP contribution in [0.15, 0.2) is 29.2 Å². The summed E-state index contributed by atoms with van der Waals surface area (Å²) in [7, 11) is 1.92. The van der Waals surface area contributed by atoms with Gasteiger partial charge in [0.15, 0.2) is 0 Å². The van der Waals surface area contributed by atoms with Gasteiger partial charge in [-0.1, -0.05) is 5.21 Å². The van der Waals surface area contributed by atoms with E-state index in [0.717, 1.165) is 36.6 Å². The fourth-order valence-corrected chi connectivity index (χ4v) is 3.39. The number of thiophene rings is 1. The van der Waals surface area contributed by atoms with Crippen molar-refractivity contribution in [2.45, 2.75) is 25.8 Å². The van der Waals surface area contributed by atoms with Crippen LogP contribution in [-0.2, 0) is 31.5 Å². The normalized spacial score (nSPS) is 17.3. The molecule has 3 aromatic heterocycles. The third-order valence-electron chi connectivity index (χ3n) is 3.92. The third kappa shape index (κ3) is 3.05. The molecule has 0 radical (unpaired) electrons. The Morgan fingerprint density at radius 2 is 2.43 bits per heavy atom. The third-order valence-corrected chi connectivity index (χ3v) is 4.61. The molecular weight excluding hydrogens is 312 g/mol. The second kappa shape index (κ2) is 6.23. The van der Waals surface area contributed by atoms with E-state index >= 15 is 0 Å². The molecule has 7 nitrogen and oxygen atoms in total. The Kier molecular flexibility index (Phi) is 3.94. The van der Waals surface area contributed by atoms with Gasteiger partial charge >= 0.3 is 0 Å². The molecule has 8 heteroatoms. The fraction of sp³-hybridized carbons (Fsp3) is 0.400. The van der Waals surface area contributed by atoms with Crippen molar-refractivity contribution < 1.29 is 4.74 Å².